The molecule has 0 aliphatic carbocycles. The molecule has 0 radical (unpaired) electrons. The smallest absolute Gasteiger partial charge is 0.234 e. The SMILES string of the molecule is Cc1ccc(-n2c(SCC(=O)Nc3ccc(Cl)c(Cl)c3)nnc2-c2cccc(C)c2)cc1. The second-order valence-electron chi connectivity index (χ2n) is 7.31. The van der Waals surface area contributed by atoms with E-state index in [2.05, 4.69) is 21.6 Å². The number of aryl methyl sites for hydroxylation is 2. The Balaban J connectivity index is 1.60. The molecule has 0 saturated heterocycles. The van der Waals surface area contributed by atoms with Crippen LogP contribution in [0.25, 0.3) is 17.1 Å². The van der Waals surface area contributed by atoms with E-state index in [0.29, 0.717) is 20.9 Å². The van der Waals surface area contributed by atoms with Crippen molar-refractivity contribution >= 4 is 46.6 Å². The number of hydrogen-bond donors (Lipinski definition) is 1. The fraction of sp³-hybridized carbons (Fsp3) is 0.125. The van der Waals surface area contributed by atoms with Crippen molar-refractivity contribution in [3.05, 3.63) is 87.9 Å². The monoisotopic (exact) mass is 482 g/mol. The zero-order chi connectivity index (χ0) is 22.7. The van der Waals surface area contributed by atoms with Gasteiger partial charge in [0.25, 0.3) is 0 Å². The summed E-state index contributed by atoms with van der Waals surface area (Å²) in [5.74, 6) is 0.715. The maximum atomic E-state index is 12.5. The first-order chi connectivity index (χ1) is 15.4. The molecule has 4 rings (SSSR count). The van der Waals surface area contributed by atoms with Crippen LogP contribution in [0.1, 0.15) is 11.1 Å². The number of nitrogens with zero attached hydrogens (tertiary/aromatic N) is 3. The zero-order valence-corrected chi connectivity index (χ0v) is 19.8. The Morgan fingerprint density at radius 3 is 2.44 bits per heavy atom. The van der Waals surface area contributed by atoms with E-state index in [4.69, 9.17) is 23.2 Å². The Kier molecular flexibility index (Phi) is 6.84. The predicted octanol–water partition coefficient (Wildman–Crippen LogP) is 6.59. The molecule has 4 aromatic rings. The molecule has 5 nitrogen and oxygen atoms in total. The van der Waals surface area contributed by atoms with Crippen LogP contribution in [0.5, 0.6) is 0 Å². The van der Waals surface area contributed by atoms with Crippen LogP contribution in [0.4, 0.5) is 5.69 Å². The number of rotatable bonds is 6. The molecule has 0 aliphatic heterocycles. The highest BCUT2D eigenvalue weighted by atomic mass is 35.5. The van der Waals surface area contributed by atoms with E-state index in [0.717, 1.165) is 28.2 Å². The molecule has 1 aromatic heterocycles. The van der Waals surface area contributed by atoms with Crippen molar-refractivity contribution in [2.45, 2.75) is 19.0 Å². The first kappa shape index (κ1) is 22.4. The number of hydrogen-bond acceptors (Lipinski definition) is 4. The second-order valence-corrected chi connectivity index (χ2v) is 9.07. The normalized spacial score (nSPS) is 10.9. The second kappa shape index (κ2) is 9.77. The first-order valence-corrected chi connectivity index (χ1v) is 11.6. The zero-order valence-electron chi connectivity index (χ0n) is 17.5. The minimum Gasteiger partial charge on any atom is -0.325 e. The van der Waals surface area contributed by atoms with Crippen molar-refractivity contribution < 1.29 is 4.79 Å². The number of nitrogens with one attached hydrogen (secondary N) is 1. The summed E-state index contributed by atoms with van der Waals surface area (Å²) in [6, 6.07) is 21.2. The third kappa shape index (κ3) is 5.15. The van der Waals surface area contributed by atoms with E-state index in [-0.39, 0.29) is 11.7 Å². The molecule has 1 N–H and O–H groups in total. The summed E-state index contributed by atoms with van der Waals surface area (Å²) in [4.78, 5) is 12.5. The molecule has 0 spiro atoms. The van der Waals surface area contributed by atoms with E-state index in [9.17, 15) is 4.79 Å². The van der Waals surface area contributed by atoms with Crippen LogP contribution in [0.2, 0.25) is 10.0 Å². The van der Waals surface area contributed by atoms with Crippen molar-refractivity contribution in [1.29, 1.82) is 0 Å². The third-order valence-corrected chi connectivity index (χ3v) is 6.41. The Labute approximate surface area is 200 Å². The van der Waals surface area contributed by atoms with Crippen molar-refractivity contribution in [2.24, 2.45) is 0 Å². The summed E-state index contributed by atoms with van der Waals surface area (Å²) >= 11 is 13.3. The molecule has 162 valence electrons. The van der Waals surface area contributed by atoms with E-state index >= 15 is 0 Å². The molecule has 1 amide bonds. The lowest BCUT2D eigenvalue weighted by Gasteiger charge is -2.11. The lowest BCUT2D eigenvalue weighted by atomic mass is 10.1. The molecule has 0 fully saturated rings. The van der Waals surface area contributed by atoms with Gasteiger partial charge < -0.3 is 5.32 Å². The van der Waals surface area contributed by atoms with Crippen LogP contribution in [0.15, 0.2) is 71.9 Å². The van der Waals surface area contributed by atoms with Gasteiger partial charge >= 0.3 is 0 Å². The van der Waals surface area contributed by atoms with Gasteiger partial charge in [-0.2, -0.15) is 0 Å². The third-order valence-electron chi connectivity index (χ3n) is 4.74. The van der Waals surface area contributed by atoms with E-state index < -0.39 is 0 Å². The minimum atomic E-state index is -0.177. The standard InChI is InChI=1S/C24H20Cl2N4OS/c1-15-6-9-19(10-7-15)30-23(17-5-3-4-16(2)12-17)28-29-24(30)32-14-22(31)27-18-8-11-20(25)21(26)13-18/h3-13H,14H2,1-2H3,(H,27,31). The van der Waals surface area contributed by atoms with Gasteiger partial charge in [-0.15, -0.1) is 10.2 Å². The first-order valence-electron chi connectivity index (χ1n) is 9.88. The van der Waals surface area contributed by atoms with Gasteiger partial charge in [0.1, 0.15) is 0 Å². The summed E-state index contributed by atoms with van der Waals surface area (Å²) in [7, 11) is 0. The lowest BCUT2D eigenvalue weighted by Crippen LogP contribution is -2.14. The van der Waals surface area contributed by atoms with Gasteiger partial charge in [0, 0.05) is 16.9 Å². The van der Waals surface area contributed by atoms with Gasteiger partial charge in [-0.25, -0.2) is 0 Å². The van der Waals surface area contributed by atoms with E-state index in [1.165, 1.54) is 11.8 Å². The van der Waals surface area contributed by atoms with Crippen LogP contribution < -0.4 is 5.32 Å². The Morgan fingerprint density at radius 2 is 1.72 bits per heavy atom. The largest absolute Gasteiger partial charge is 0.325 e. The Morgan fingerprint density at radius 1 is 0.938 bits per heavy atom. The van der Waals surface area contributed by atoms with Crippen LogP contribution in [-0.2, 0) is 4.79 Å². The Bertz CT molecular complexity index is 1270. The molecule has 0 aliphatic rings. The number of halogens is 2. The van der Waals surface area contributed by atoms with Crippen LogP contribution in [0, 0.1) is 13.8 Å². The number of aromatic nitrogens is 3. The number of carbonyl (C=O) groups excluding carboxylic acids is 1. The fourth-order valence-corrected chi connectivity index (χ4v) is 4.21. The van der Waals surface area contributed by atoms with Crippen molar-refractivity contribution in [2.75, 3.05) is 11.1 Å². The highest BCUT2D eigenvalue weighted by molar-refractivity contribution is 7.99. The fourth-order valence-electron chi connectivity index (χ4n) is 3.16. The topological polar surface area (TPSA) is 59.8 Å². The average molecular weight is 483 g/mol. The number of carbonyl (C=O) groups is 1. The van der Waals surface area contributed by atoms with Gasteiger partial charge in [-0.05, 0) is 50.2 Å². The molecule has 1 heterocycles. The van der Waals surface area contributed by atoms with Crippen molar-refractivity contribution in [3.8, 4) is 17.1 Å². The minimum absolute atomic E-state index is 0.165. The summed E-state index contributed by atoms with van der Waals surface area (Å²) in [6.07, 6.45) is 0. The summed E-state index contributed by atoms with van der Waals surface area (Å²) in [6.45, 7) is 4.08. The predicted molar refractivity (Wildman–Crippen MR) is 132 cm³/mol. The summed E-state index contributed by atoms with van der Waals surface area (Å²) in [5.41, 5.74) is 4.78. The van der Waals surface area contributed by atoms with Crippen molar-refractivity contribution in [3.63, 3.8) is 0 Å². The average Bonchev–Trinajstić information content (AvgIpc) is 3.19. The number of amides is 1. The highest BCUT2D eigenvalue weighted by Crippen LogP contribution is 2.29. The molecule has 0 bridgehead atoms. The maximum Gasteiger partial charge on any atom is 0.234 e. The van der Waals surface area contributed by atoms with E-state index in [1.54, 1.807) is 18.2 Å². The molecule has 0 unspecified atom stereocenters. The number of thioether (sulfide) groups is 1. The molecule has 3 aromatic carbocycles. The highest BCUT2D eigenvalue weighted by Gasteiger charge is 2.17. The molecule has 0 atom stereocenters. The number of anilines is 1. The van der Waals surface area contributed by atoms with Crippen LogP contribution in [-0.4, -0.2) is 26.4 Å². The van der Waals surface area contributed by atoms with Crippen LogP contribution >= 0.6 is 35.0 Å². The summed E-state index contributed by atoms with van der Waals surface area (Å²) in [5, 5.41) is 13.1. The van der Waals surface area contributed by atoms with Gasteiger partial charge in [0.15, 0.2) is 11.0 Å². The van der Waals surface area contributed by atoms with Crippen molar-refractivity contribution in [1.82, 2.24) is 14.8 Å². The molecule has 8 heteroatoms. The molecular weight excluding hydrogens is 463 g/mol. The van der Waals surface area contributed by atoms with Gasteiger partial charge in [-0.1, -0.05) is 76.4 Å². The lowest BCUT2D eigenvalue weighted by molar-refractivity contribution is -0.113. The van der Waals surface area contributed by atoms with Crippen LogP contribution in [0.3, 0.4) is 0 Å². The molecular formula is C24H20Cl2N4OS. The van der Waals surface area contributed by atoms with Gasteiger partial charge in [-0.3, -0.25) is 9.36 Å². The molecule has 32 heavy (non-hydrogen) atoms. The quantitative estimate of drug-likeness (QED) is 0.315. The van der Waals surface area contributed by atoms with Gasteiger partial charge in [0.05, 0.1) is 15.8 Å². The van der Waals surface area contributed by atoms with E-state index in [1.807, 2.05) is 60.9 Å². The Hall–Kier alpha value is -2.80. The maximum absolute atomic E-state index is 12.5. The molecule has 0 saturated carbocycles. The number of benzene rings is 3. The summed E-state index contributed by atoms with van der Waals surface area (Å²) < 4.78 is 1.98. The van der Waals surface area contributed by atoms with Gasteiger partial charge in [0.2, 0.25) is 5.91 Å².